The van der Waals surface area contributed by atoms with Gasteiger partial charge in [0.1, 0.15) is 24.3 Å². The summed E-state index contributed by atoms with van der Waals surface area (Å²) in [6.45, 7) is 1.93. The van der Waals surface area contributed by atoms with Crippen LogP contribution < -0.4 is 15.2 Å². The average molecular weight is 552 g/mol. The van der Waals surface area contributed by atoms with Gasteiger partial charge in [-0.2, -0.15) is 13.2 Å². The highest BCUT2D eigenvalue weighted by molar-refractivity contribution is 5.84. The van der Waals surface area contributed by atoms with Crippen LogP contribution in [0, 0.1) is 12.7 Å². The van der Waals surface area contributed by atoms with Crippen molar-refractivity contribution in [3.05, 3.63) is 52.5 Å². The minimum atomic E-state index is -5.20. The van der Waals surface area contributed by atoms with Crippen LogP contribution in [0.1, 0.15) is 31.3 Å². The summed E-state index contributed by atoms with van der Waals surface area (Å²) in [5.74, 6) is -3.18. The van der Waals surface area contributed by atoms with Crippen LogP contribution >= 0.6 is 0 Å². The van der Waals surface area contributed by atoms with Crippen molar-refractivity contribution in [2.24, 2.45) is 0 Å². The Bertz CT molecular complexity index is 1580. The number of rotatable bonds is 7. The smallest absolute Gasteiger partial charge is 0.488 e. The number of aryl methyl sites for hydroxylation is 1. The number of aromatic nitrogens is 3. The number of nitrogens with zero attached hydrogens (tertiary/aromatic N) is 3. The zero-order chi connectivity index (χ0) is 27.9. The van der Waals surface area contributed by atoms with Crippen molar-refractivity contribution in [2.45, 2.75) is 44.6 Å². The molecule has 2 N–H and O–H groups in total. The second-order valence-electron chi connectivity index (χ2n) is 9.29. The van der Waals surface area contributed by atoms with E-state index in [0.29, 0.717) is 24.0 Å². The van der Waals surface area contributed by atoms with Gasteiger partial charge in [-0.05, 0) is 37.5 Å². The predicted octanol–water partition coefficient (Wildman–Crippen LogP) is 3.81. The van der Waals surface area contributed by atoms with Crippen LogP contribution in [0.5, 0.6) is 11.5 Å². The number of carbonyl (C=O) groups excluding carboxylic acids is 1. The van der Waals surface area contributed by atoms with E-state index in [1.54, 1.807) is 4.57 Å². The zero-order valence-corrected chi connectivity index (χ0v) is 20.6. The number of likely N-dealkylation sites (tertiary alicyclic amines) is 1. The number of carbonyl (C=O) groups is 1. The van der Waals surface area contributed by atoms with Crippen molar-refractivity contribution < 1.29 is 41.4 Å². The summed E-state index contributed by atoms with van der Waals surface area (Å²) in [5, 5.41) is 10.8. The molecule has 2 aromatic heterocycles. The lowest BCUT2D eigenvalue weighted by Crippen LogP contribution is -2.45. The van der Waals surface area contributed by atoms with Crippen LogP contribution in [0.15, 0.2) is 39.5 Å². The Morgan fingerprint density at radius 2 is 2.08 bits per heavy atom. The minimum absolute atomic E-state index is 0.0377. The molecule has 0 radical (unpaired) electrons. The molecular weight excluding hydrogens is 528 g/mol. The van der Waals surface area contributed by atoms with Crippen LogP contribution in [0.25, 0.3) is 22.1 Å². The van der Waals surface area contributed by atoms with Gasteiger partial charge in [0.15, 0.2) is 22.7 Å². The molecule has 4 aromatic rings. The molecule has 1 aliphatic rings. The van der Waals surface area contributed by atoms with Gasteiger partial charge in [-0.15, -0.1) is 0 Å². The number of fused-ring (bicyclic) bond motifs is 2. The highest BCUT2D eigenvalue weighted by Gasteiger charge is 2.41. The predicted molar refractivity (Wildman–Crippen MR) is 129 cm³/mol. The number of oxazole rings is 1. The summed E-state index contributed by atoms with van der Waals surface area (Å²) >= 11 is 0. The second-order valence-corrected chi connectivity index (χ2v) is 9.29. The molecule has 208 valence electrons. The first-order valence-corrected chi connectivity index (χ1v) is 12.1. The Hall–Kier alpha value is -3.91. The number of hydrogen-bond donors (Lipinski definition) is 2. The number of aromatic amines is 1. The number of H-pyrrole nitrogens is 1. The maximum absolute atomic E-state index is 13.7. The van der Waals surface area contributed by atoms with E-state index < -0.39 is 41.7 Å². The van der Waals surface area contributed by atoms with Gasteiger partial charge < -0.3 is 24.0 Å². The molecule has 1 aliphatic heterocycles. The molecular formula is C25H24F4N4O6. The summed E-state index contributed by atoms with van der Waals surface area (Å²) in [6.07, 6.45) is -4.36. The second kappa shape index (κ2) is 10.3. The molecule has 1 fully saturated rings. The topological polar surface area (TPSA) is 123 Å². The molecule has 10 nitrogen and oxygen atoms in total. The van der Waals surface area contributed by atoms with E-state index in [-0.39, 0.29) is 35.9 Å². The fraction of sp³-hybridized carbons (Fsp3) is 0.400. The van der Waals surface area contributed by atoms with E-state index in [1.807, 2.05) is 4.90 Å². The highest BCUT2D eigenvalue weighted by Crippen LogP contribution is 2.33. The molecule has 1 saturated heterocycles. The van der Waals surface area contributed by atoms with Crippen molar-refractivity contribution >= 4 is 28.1 Å². The number of β-amino-alcohol motifs (C(OH)–C–C–N with tert-alkyl or cyclic N) is 1. The molecule has 0 saturated carbocycles. The fourth-order valence-electron chi connectivity index (χ4n) is 4.81. The van der Waals surface area contributed by atoms with Gasteiger partial charge in [0.05, 0.1) is 17.2 Å². The largest absolute Gasteiger partial charge is 0.491 e. The Balaban J connectivity index is 1.33. The van der Waals surface area contributed by atoms with Crippen LogP contribution in [0.3, 0.4) is 0 Å². The van der Waals surface area contributed by atoms with Crippen molar-refractivity contribution in [3.8, 4) is 11.5 Å². The molecule has 2 aromatic carbocycles. The van der Waals surface area contributed by atoms with Gasteiger partial charge in [0.25, 0.3) is 0 Å². The summed E-state index contributed by atoms with van der Waals surface area (Å²) in [4.78, 5) is 32.8. The molecule has 0 bridgehead atoms. The van der Waals surface area contributed by atoms with E-state index in [2.05, 4.69) is 14.7 Å². The van der Waals surface area contributed by atoms with Crippen LogP contribution in [-0.2, 0) is 4.79 Å². The van der Waals surface area contributed by atoms with E-state index in [0.717, 1.165) is 25.0 Å². The number of alkyl halides is 3. The Labute approximate surface area is 217 Å². The molecule has 3 heterocycles. The molecule has 14 heteroatoms. The van der Waals surface area contributed by atoms with Gasteiger partial charge in [-0.1, -0.05) is 0 Å². The summed E-state index contributed by atoms with van der Waals surface area (Å²) in [7, 11) is 0. The number of esters is 1. The van der Waals surface area contributed by atoms with Crippen molar-refractivity contribution in [3.63, 3.8) is 0 Å². The quantitative estimate of drug-likeness (QED) is 0.202. The lowest BCUT2D eigenvalue weighted by molar-refractivity contribution is -0.189. The number of aliphatic hydroxyl groups is 1. The monoisotopic (exact) mass is 552 g/mol. The SMILES string of the molecule is Cc1nc2c(OC[C@@H](O)CN3CCCCC3n3c(=O)[nH]c4cc(F)ccc43)cc(OC(=O)C(F)(F)F)cc2o1. The Kier molecular flexibility index (Phi) is 7.07. The lowest BCUT2D eigenvalue weighted by Gasteiger charge is -2.37. The molecule has 39 heavy (non-hydrogen) atoms. The van der Waals surface area contributed by atoms with E-state index in [4.69, 9.17) is 9.15 Å². The normalized spacial score (nSPS) is 17.5. The first-order valence-electron chi connectivity index (χ1n) is 12.1. The number of piperidine rings is 1. The fourth-order valence-corrected chi connectivity index (χ4v) is 4.81. The number of halogens is 4. The Morgan fingerprint density at radius 1 is 1.28 bits per heavy atom. The first kappa shape index (κ1) is 26.7. The lowest BCUT2D eigenvalue weighted by atomic mass is 10.1. The average Bonchev–Trinajstić information content (AvgIpc) is 3.39. The van der Waals surface area contributed by atoms with Crippen molar-refractivity contribution in [1.82, 2.24) is 19.4 Å². The van der Waals surface area contributed by atoms with Crippen molar-refractivity contribution in [2.75, 3.05) is 19.7 Å². The number of benzene rings is 2. The standard InChI is InChI=1S/C25H24F4N4O6/c1-13-30-22-19(9-16(10-20(22)38-13)39-23(35)25(27,28)29)37-12-15(34)11-32-7-3-2-4-21(32)33-18-6-5-14(26)8-17(18)31-24(33)36/h5-6,8-10,15,21,34H,2-4,7,11-12H2,1H3,(H,31,36)/t15-,21?/m0/s1. The van der Waals surface area contributed by atoms with E-state index >= 15 is 0 Å². The first-order chi connectivity index (χ1) is 18.5. The van der Waals surface area contributed by atoms with Gasteiger partial charge >= 0.3 is 17.8 Å². The van der Waals surface area contributed by atoms with Crippen LogP contribution in [0.4, 0.5) is 17.6 Å². The number of imidazole rings is 1. The van der Waals surface area contributed by atoms with Crippen LogP contribution in [-0.4, -0.2) is 62.5 Å². The number of aliphatic hydroxyl groups excluding tert-OH is 1. The van der Waals surface area contributed by atoms with Gasteiger partial charge in [-0.3, -0.25) is 9.47 Å². The molecule has 1 unspecified atom stereocenters. The number of nitrogens with one attached hydrogen (secondary N) is 1. The van der Waals surface area contributed by atoms with Crippen LogP contribution in [0.2, 0.25) is 0 Å². The van der Waals surface area contributed by atoms with Crippen molar-refractivity contribution in [1.29, 1.82) is 0 Å². The third-order valence-corrected chi connectivity index (χ3v) is 6.41. The number of hydrogen-bond acceptors (Lipinski definition) is 8. The van der Waals surface area contributed by atoms with Gasteiger partial charge in [-0.25, -0.2) is 19.0 Å². The van der Waals surface area contributed by atoms with E-state index in [9.17, 15) is 32.3 Å². The molecule has 0 aliphatic carbocycles. The van der Waals surface area contributed by atoms with E-state index in [1.165, 1.54) is 25.1 Å². The van der Waals surface area contributed by atoms with Gasteiger partial charge in [0, 0.05) is 32.1 Å². The third-order valence-electron chi connectivity index (χ3n) is 6.41. The molecule has 2 atom stereocenters. The summed E-state index contributed by atoms with van der Waals surface area (Å²) in [6, 6.07) is 6.20. The maximum Gasteiger partial charge on any atom is 0.491 e. The molecule has 0 amide bonds. The molecule has 5 rings (SSSR count). The maximum atomic E-state index is 13.7. The Morgan fingerprint density at radius 3 is 2.85 bits per heavy atom. The molecule has 0 spiro atoms. The highest BCUT2D eigenvalue weighted by atomic mass is 19.4. The summed E-state index contributed by atoms with van der Waals surface area (Å²) in [5.41, 5.74) is 0.730. The third kappa shape index (κ3) is 5.61. The number of ether oxygens (including phenoxy) is 2. The minimum Gasteiger partial charge on any atom is -0.488 e. The van der Waals surface area contributed by atoms with Gasteiger partial charge in [0.2, 0.25) is 0 Å². The summed E-state index contributed by atoms with van der Waals surface area (Å²) < 4.78 is 68.7. The zero-order valence-electron chi connectivity index (χ0n) is 20.6.